The summed E-state index contributed by atoms with van der Waals surface area (Å²) < 4.78 is 0. The molecule has 0 radical (unpaired) electrons. The highest BCUT2D eigenvalue weighted by Gasteiger charge is 2.33. The van der Waals surface area contributed by atoms with E-state index in [4.69, 9.17) is 0 Å². The van der Waals surface area contributed by atoms with Gasteiger partial charge < -0.3 is 15.3 Å². The Morgan fingerprint density at radius 3 is 1.33 bits per heavy atom. The average molecular weight is 541 g/mol. The third-order valence-corrected chi connectivity index (χ3v) is 8.96. The molecule has 4 aromatic rings. The second kappa shape index (κ2) is 9.98. The zero-order valence-electron chi connectivity index (χ0n) is 24.2. The minimum atomic E-state index is -0.377. The predicted octanol–water partition coefficient (Wildman–Crippen LogP) is 8.69. The van der Waals surface area contributed by atoms with Gasteiger partial charge in [0.15, 0.2) is 0 Å². The lowest BCUT2D eigenvalue weighted by Gasteiger charge is -2.35. The molecule has 3 nitrogen and oxygen atoms in total. The Kier molecular flexibility index (Phi) is 7.33. The summed E-state index contributed by atoms with van der Waals surface area (Å²) in [5.41, 5.74) is 7.47. The smallest absolute Gasteiger partial charge is 0.128 e. The molecule has 0 atom stereocenters. The lowest BCUT2D eigenvalue weighted by atomic mass is 9.69. The van der Waals surface area contributed by atoms with E-state index in [1.807, 2.05) is 38.1 Å². The van der Waals surface area contributed by atoms with Crippen LogP contribution in [0.3, 0.4) is 0 Å². The molecule has 39 heavy (non-hydrogen) atoms. The van der Waals surface area contributed by atoms with Crippen LogP contribution in [-0.4, -0.2) is 15.3 Å². The minimum Gasteiger partial charge on any atom is -0.508 e. The van der Waals surface area contributed by atoms with Gasteiger partial charge in [0.25, 0.3) is 0 Å². The molecule has 0 aliphatic carbocycles. The highest BCUT2D eigenvalue weighted by Crippen LogP contribution is 2.43. The number of rotatable bonds is 6. The normalized spacial score (nSPS) is 12.5. The van der Waals surface area contributed by atoms with Crippen molar-refractivity contribution in [3.8, 4) is 17.2 Å². The molecule has 0 aliphatic rings. The maximum absolute atomic E-state index is 10.4. The van der Waals surface area contributed by atoms with Crippen LogP contribution in [0.15, 0.2) is 77.7 Å². The fourth-order valence-corrected chi connectivity index (χ4v) is 5.53. The number of phenolic OH excluding ortho intramolecular Hbond substituents is 3. The third kappa shape index (κ3) is 5.27. The highest BCUT2D eigenvalue weighted by molar-refractivity contribution is 7.80. The van der Waals surface area contributed by atoms with E-state index >= 15 is 0 Å². The number of hydrogen-bond donors (Lipinski definition) is 4. The number of thiol groups is 1. The second-order valence-electron chi connectivity index (χ2n) is 12.4. The van der Waals surface area contributed by atoms with Crippen molar-refractivity contribution in [2.75, 3.05) is 0 Å². The Bertz CT molecular complexity index is 1510. The zero-order valence-corrected chi connectivity index (χ0v) is 25.1. The van der Waals surface area contributed by atoms with Crippen molar-refractivity contribution in [3.05, 3.63) is 117 Å². The molecular weight excluding hydrogens is 500 g/mol. The van der Waals surface area contributed by atoms with Gasteiger partial charge in [0.1, 0.15) is 17.2 Å². The molecule has 0 spiro atoms. The van der Waals surface area contributed by atoms with E-state index in [1.54, 1.807) is 18.2 Å². The van der Waals surface area contributed by atoms with E-state index in [-0.39, 0.29) is 27.7 Å². The van der Waals surface area contributed by atoms with Gasteiger partial charge in [0.05, 0.1) is 0 Å². The summed E-state index contributed by atoms with van der Waals surface area (Å²) in [5, 5.41) is 30.5. The van der Waals surface area contributed by atoms with Gasteiger partial charge >= 0.3 is 0 Å². The van der Waals surface area contributed by atoms with Crippen LogP contribution in [-0.2, 0) is 16.2 Å². The fraction of sp³-hybridized carbons (Fsp3) is 0.314. The van der Waals surface area contributed by atoms with Crippen molar-refractivity contribution in [2.45, 2.75) is 76.5 Å². The summed E-state index contributed by atoms with van der Waals surface area (Å²) in [4.78, 5) is 0.553. The molecule has 0 amide bonds. The van der Waals surface area contributed by atoms with E-state index in [9.17, 15) is 15.3 Å². The van der Waals surface area contributed by atoms with Crippen molar-refractivity contribution in [1.29, 1.82) is 0 Å². The first-order valence-corrected chi connectivity index (χ1v) is 13.8. The van der Waals surface area contributed by atoms with Gasteiger partial charge in [-0.25, -0.2) is 0 Å². The Hall–Kier alpha value is -3.37. The lowest BCUT2D eigenvalue weighted by molar-refractivity contribution is 0.461. The van der Waals surface area contributed by atoms with E-state index in [2.05, 4.69) is 84.5 Å². The zero-order chi connectivity index (χ0) is 28.9. The molecule has 0 aromatic heterocycles. The molecule has 4 heteroatoms. The first-order valence-electron chi connectivity index (χ1n) is 13.3. The molecule has 0 heterocycles. The van der Waals surface area contributed by atoms with Gasteiger partial charge in [-0.3, -0.25) is 0 Å². The van der Waals surface area contributed by atoms with E-state index in [0.29, 0.717) is 10.6 Å². The molecule has 0 saturated carbocycles. The largest absolute Gasteiger partial charge is 0.508 e. The van der Waals surface area contributed by atoms with Crippen molar-refractivity contribution in [1.82, 2.24) is 0 Å². The van der Waals surface area contributed by atoms with Gasteiger partial charge in [-0.2, -0.15) is 0 Å². The molecule has 3 N–H and O–H groups in total. The monoisotopic (exact) mass is 540 g/mol. The Labute approximate surface area is 238 Å². The van der Waals surface area contributed by atoms with Crippen molar-refractivity contribution in [2.24, 2.45) is 0 Å². The van der Waals surface area contributed by atoms with E-state index in [0.717, 1.165) is 33.4 Å². The molecule has 0 bridgehead atoms. The molecule has 0 saturated heterocycles. The maximum atomic E-state index is 10.4. The summed E-state index contributed by atoms with van der Waals surface area (Å²) in [6, 6.07) is 24.1. The van der Waals surface area contributed by atoms with Crippen LogP contribution in [0, 0.1) is 13.8 Å². The standard InChI is InChI=1S/C35H40O3S/c1-21-15-25(16-22(2)32(21)38)35(7,8)28-18-26(33(3,4)23-9-12-29(36)13-10-23)17-27(19-28)34(5,6)24-11-14-30(37)31(39)20-24/h9-20,36-39H,1-8H3. The Balaban J connectivity index is 1.98. The third-order valence-electron chi connectivity index (χ3n) is 8.60. The van der Waals surface area contributed by atoms with Crippen LogP contribution in [0.1, 0.15) is 86.1 Å². The maximum Gasteiger partial charge on any atom is 0.128 e. The molecule has 0 aliphatic heterocycles. The summed E-state index contributed by atoms with van der Waals surface area (Å²) in [6.07, 6.45) is 0. The van der Waals surface area contributed by atoms with Crippen LogP contribution < -0.4 is 0 Å². The summed E-state index contributed by atoms with van der Waals surface area (Å²) >= 11 is 4.48. The number of aromatic hydroxyl groups is 3. The number of hydrogen-bond acceptors (Lipinski definition) is 4. The molecule has 204 valence electrons. The van der Waals surface area contributed by atoms with Crippen molar-refractivity contribution >= 4 is 12.6 Å². The van der Waals surface area contributed by atoms with E-state index < -0.39 is 0 Å². The minimum absolute atomic E-state index is 0.167. The van der Waals surface area contributed by atoms with Gasteiger partial charge in [-0.15, -0.1) is 12.6 Å². The van der Waals surface area contributed by atoms with E-state index in [1.165, 1.54) is 11.1 Å². The Morgan fingerprint density at radius 1 is 0.487 bits per heavy atom. The van der Waals surface area contributed by atoms with Gasteiger partial charge in [0, 0.05) is 21.1 Å². The number of benzene rings is 4. The summed E-state index contributed by atoms with van der Waals surface area (Å²) in [7, 11) is 0. The van der Waals surface area contributed by atoms with Gasteiger partial charge in [0.2, 0.25) is 0 Å². The molecule has 0 unspecified atom stereocenters. The van der Waals surface area contributed by atoms with Crippen LogP contribution in [0.5, 0.6) is 17.2 Å². The number of phenols is 3. The van der Waals surface area contributed by atoms with Crippen LogP contribution in [0.25, 0.3) is 0 Å². The first kappa shape index (κ1) is 28.6. The SMILES string of the molecule is Cc1cc(C(C)(C)c2cc(C(C)(C)c3ccc(O)cc3)cc(C(C)(C)c3ccc(O)c(S)c3)c2)cc(C)c1O. The average Bonchev–Trinajstić information content (AvgIpc) is 2.88. The van der Waals surface area contributed by atoms with Gasteiger partial charge in [-0.05, 0) is 82.6 Å². The van der Waals surface area contributed by atoms with Crippen molar-refractivity contribution in [3.63, 3.8) is 0 Å². The quantitative estimate of drug-likeness (QED) is 0.185. The van der Waals surface area contributed by atoms with Crippen LogP contribution in [0.4, 0.5) is 0 Å². The topological polar surface area (TPSA) is 60.7 Å². The second-order valence-corrected chi connectivity index (χ2v) is 12.9. The predicted molar refractivity (Wildman–Crippen MR) is 164 cm³/mol. The van der Waals surface area contributed by atoms with Gasteiger partial charge in [-0.1, -0.05) is 90.1 Å². The van der Waals surface area contributed by atoms with Crippen LogP contribution in [0.2, 0.25) is 0 Å². The number of aryl methyl sites for hydroxylation is 2. The first-order chi connectivity index (χ1) is 18.0. The fourth-order valence-electron chi connectivity index (χ4n) is 5.32. The van der Waals surface area contributed by atoms with Crippen LogP contribution >= 0.6 is 12.6 Å². The van der Waals surface area contributed by atoms with Crippen molar-refractivity contribution < 1.29 is 15.3 Å². The highest BCUT2D eigenvalue weighted by atomic mass is 32.1. The molecule has 4 aromatic carbocycles. The lowest BCUT2D eigenvalue weighted by Crippen LogP contribution is -2.27. The summed E-state index contributed by atoms with van der Waals surface area (Å²) in [5.74, 6) is 0.757. The summed E-state index contributed by atoms with van der Waals surface area (Å²) in [6.45, 7) is 17.2. The molecule has 0 fully saturated rings. The molecule has 4 rings (SSSR count). The Morgan fingerprint density at radius 2 is 0.872 bits per heavy atom. The molecular formula is C35H40O3S.